The number of hydrogen-bond donors (Lipinski definition) is 2. The summed E-state index contributed by atoms with van der Waals surface area (Å²) >= 11 is 0. The van der Waals surface area contributed by atoms with Gasteiger partial charge in [0.25, 0.3) is 0 Å². The Morgan fingerprint density at radius 2 is 1.74 bits per heavy atom. The van der Waals surface area contributed by atoms with E-state index in [9.17, 15) is 18.0 Å². The number of sulfonamides is 1. The number of benzene rings is 1. The molecular formula is C24H28N6O4S. The number of nitrogens with two attached hydrogens (primary N) is 1. The lowest BCUT2D eigenvalue weighted by molar-refractivity contribution is -0.122. The van der Waals surface area contributed by atoms with Gasteiger partial charge in [0, 0.05) is 32.1 Å². The molecule has 0 saturated carbocycles. The van der Waals surface area contributed by atoms with Gasteiger partial charge < -0.3 is 16.0 Å². The minimum atomic E-state index is -3.67. The molecule has 35 heavy (non-hydrogen) atoms. The number of rotatable bonds is 6. The van der Waals surface area contributed by atoms with Crippen molar-refractivity contribution in [1.29, 1.82) is 5.26 Å². The maximum absolute atomic E-state index is 12.9. The van der Waals surface area contributed by atoms with Crippen LogP contribution >= 0.6 is 0 Å². The summed E-state index contributed by atoms with van der Waals surface area (Å²) in [5.74, 6) is -0.219. The Morgan fingerprint density at radius 3 is 2.34 bits per heavy atom. The summed E-state index contributed by atoms with van der Waals surface area (Å²) in [4.78, 5) is 30.9. The van der Waals surface area contributed by atoms with Gasteiger partial charge in [-0.1, -0.05) is 0 Å². The van der Waals surface area contributed by atoms with Crippen molar-refractivity contribution < 1.29 is 18.0 Å². The standard InChI is InChI=1S/C24H28N6O4S/c25-14-17-3-6-21(7-4-17)35(33,34)30-12-9-18(10-13-30)24(32)28-20-5-8-22(27-15-20)29-11-1-2-19(16-29)23(26)31/h3-8,15,18-19H,1-2,9-13,16H2,(H2,26,31)(H,28,32). The van der Waals surface area contributed by atoms with Crippen molar-refractivity contribution in [3.05, 3.63) is 48.2 Å². The van der Waals surface area contributed by atoms with Crippen LogP contribution < -0.4 is 16.0 Å². The molecule has 0 spiro atoms. The summed E-state index contributed by atoms with van der Waals surface area (Å²) in [6.45, 7) is 1.83. The lowest BCUT2D eigenvalue weighted by Gasteiger charge is -2.32. The fourth-order valence-corrected chi connectivity index (χ4v) is 5.99. The molecule has 2 fully saturated rings. The Kier molecular flexibility index (Phi) is 7.33. The minimum Gasteiger partial charge on any atom is -0.369 e. The van der Waals surface area contributed by atoms with E-state index in [2.05, 4.69) is 10.3 Å². The molecule has 2 aromatic rings. The Bertz CT molecular complexity index is 1220. The largest absolute Gasteiger partial charge is 0.369 e. The Balaban J connectivity index is 1.31. The van der Waals surface area contributed by atoms with Crippen LogP contribution in [0.4, 0.5) is 11.5 Å². The third-order valence-corrected chi connectivity index (χ3v) is 8.52. The number of nitrogens with zero attached hydrogens (tertiary/aromatic N) is 4. The van der Waals surface area contributed by atoms with Gasteiger partial charge in [0.05, 0.1) is 34.3 Å². The number of piperidine rings is 2. The van der Waals surface area contributed by atoms with Gasteiger partial charge in [0.2, 0.25) is 21.8 Å². The molecule has 2 aliphatic rings. The summed E-state index contributed by atoms with van der Waals surface area (Å²) in [6, 6.07) is 11.4. The zero-order valence-corrected chi connectivity index (χ0v) is 20.1. The van der Waals surface area contributed by atoms with Gasteiger partial charge in [0.15, 0.2) is 0 Å². The van der Waals surface area contributed by atoms with Crippen LogP contribution in [0.15, 0.2) is 47.5 Å². The number of amides is 2. The topological polar surface area (TPSA) is 149 Å². The lowest BCUT2D eigenvalue weighted by Crippen LogP contribution is -2.41. The van der Waals surface area contributed by atoms with Crippen molar-refractivity contribution in [3.63, 3.8) is 0 Å². The zero-order valence-electron chi connectivity index (χ0n) is 19.3. The molecule has 0 aliphatic carbocycles. The zero-order chi connectivity index (χ0) is 25.0. The number of nitriles is 1. The van der Waals surface area contributed by atoms with Gasteiger partial charge in [0.1, 0.15) is 5.82 Å². The summed E-state index contributed by atoms with van der Waals surface area (Å²) in [5, 5.41) is 11.8. The first-order chi connectivity index (χ1) is 16.8. The lowest BCUT2D eigenvalue weighted by atomic mass is 9.97. The van der Waals surface area contributed by atoms with E-state index in [1.54, 1.807) is 12.3 Å². The molecule has 1 atom stereocenters. The first-order valence-electron chi connectivity index (χ1n) is 11.6. The number of pyridine rings is 1. The molecule has 0 radical (unpaired) electrons. The predicted molar refractivity (Wildman–Crippen MR) is 130 cm³/mol. The quantitative estimate of drug-likeness (QED) is 0.618. The van der Waals surface area contributed by atoms with E-state index in [0.29, 0.717) is 30.6 Å². The highest BCUT2D eigenvalue weighted by atomic mass is 32.2. The molecule has 4 rings (SSSR count). The number of anilines is 2. The van der Waals surface area contributed by atoms with E-state index in [0.717, 1.165) is 25.2 Å². The molecule has 10 nitrogen and oxygen atoms in total. The maximum atomic E-state index is 12.9. The number of carbonyl (C=O) groups excluding carboxylic acids is 2. The second-order valence-corrected chi connectivity index (χ2v) is 10.8. The molecule has 11 heteroatoms. The fourth-order valence-electron chi connectivity index (χ4n) is 4.52. The third kappa shape index (κ3) is 5.61. The van der Waals surface area contributed by atoms with Crippen LogP contribution in [0.2, 0.25) is 0 Å². The molecule has 0 bridgehead atoms. The average molecular weight is 497 g/mol. The van der Waals surface area contributed by atoms with Crippen LogP contribution in [0.3, 0.4) is 0 Å². The van der Waals surface area contributed by atoms with E-state index >= 15 is 0 Å². The smallest absolute Gasteiger partial charge is 0.243 e. The van der Waals surface area contributed by atoms with Crippen molar-refractivity contribution in [2.75, 3.05) is 36.4 Å². The monoisotopic (exact) mass is 496 g/mol. The normalized spacial score (nSPS) is 19.6. The van der Waals surface area contributed by atoms with Gasteiger partial charge in [-0.15, -0.1) is 0 Å². The van der Waals surface area contributed by atoms with Crippen LogP contribution in [-0.2, 0) is 19.6 Å². The van der Waals surface area contributed by atoms with Gasteiger partial charge >= 0.3 is 0 Å². The molecular weight excluding hydrogens is 468 g/mol. The number of aromatic nitrogens is 1. The Labute approximate surface area is 204 Å². The molecule has 3 N–H and O–H groups in total. The van der Waals surface area contributed by atoms with E-state index in [-0.39, 0.29) is 41.6 Å². The molecule has 1 aromatic carbocycles. The fraction of sp³-hybridized carbons (Fsp3) is 0.417. The number of carbonyl (C=O) groups is 2. The third-order valence-electron chi connectivity index (χ3n) is 6.61. The van der Waals surface area contributed by atoms with E-state index in [1.807, 2.05) is 17.0 Å². The van der Waals surface area contributed by atoms with Crippen molar-refractivity contribution in [2.45, 2.75) is 30.6 Å². The number of hydrogen-bond acceptors (Lipinski definition) is 7. The summed E-state index contributed by atoms with van der Waals surface area (Å²) < 4.78 is 27.1. The van der Waals surface area contributed by atoms with Crippen LogP contribution in [0.5, 0.6) is 0 Å². The Hall–Kier alpha value is -3.49. The minimum absolute atomic E-state index is 0.140. The molecule has 3 heterocycles. The van der Waals surface area contributed by atoms with E-state index in [4.69, 9.17) is 11.0 Å². The van der Waals surface area contributed by atoms with Crippen LogP contribution in [-0.4, -0.2) is 55.7 Å². The number of nitrogens with one attached hydrogen (secondary N) is 1. The summed E-state index contributed by atoms with van der Waals surface area (Å²) in [5.41, 5.74) is 6.41. The van der Waals surface area contributed by atoms with Crippen LogP contribution in [0.25, 0.3) is 0 Å². The van der Waals surface area contributed by atoms with Gasteiger partial charge in [-0.2, -0.15) is 9.57 Å². The van der Waals surface area contributed by atoms with Crippen LogP contribution in [0, 0.1) is 23.2 Å². The Morgan fingerprint density at radius 1 is 1.03 bits per heavy atom. The SMILES string of the molecule is N#Cc1ccc(S(=O)(=O)N2CCC(C(=O)Nc3ccc(N4CCCC(C(N)=O)C4)nc3)CC2)cc1. The molecule has 1 unspecified atom stereocenters. The second-order valence-electron chi connectivity index (χ2n) is 8.90. The molecule has 184 valence electrons. The summed E-state index contributed by atoms with van der Waals surface area (Å²) in [6.07, 6.45) is 4.07. The molecule has 1 aromatic heterocycles. The first-order valence-corrected chi connectivity index (χ1v) is 13.0. The predicted octanol–water partition coefficient (Wildman–Crippen LogP) is 1.69. The van der Waals surface area contributed by atoms with Gasteiger partial charge in [-0.25, -0.2) is 13.4 Å². The highest BCUT2D eigenvalue weighted by Gasteiger charge is 2.32. The van der Waals surface area contributed by atoms with Gasteiger partial charge in [-0.3, -0.25) is 9.59 Å². The van der Waals surface area contributed by atoms with Crippen molar-refractivity contribution >= 4 is 33.3 Å². The highest BCUT2D eigenvalue weighted by Crippen LogP contribution is 2.26. The molecule has 2 amide bonds. The molecule has 2 saturated heterocycles. The average Bonchev–Trinajstić information content (AvgIpc) is 2.89. The van der Waals surface area contributed by atoms with E-state index in [1.165, 1.54) is 28.6 Å². The highest BCUT2D eigenvalue weighted by molar-refractivity contribution is 7.89. The second kappa shape index (κ2) is 10.4. The van der Waals surface area contributed by atoms with Crippen molar-refractivity contribution in [3.8, 4) is 6.07 Å². The van der Waals surface area contributed by atoms with Crippen molar-refractivity contribution in [2.24, 2.45) is 17.6 Å². The number of primary amides is 1. The van der Waals surface area contributed by atoms with Crippen molar-refractivity contribution in [1.82, 2.24) is 9.29 Å². The van der Waals surface area contributed by atoms with Gasteiger partial charge in [-0.05, 0) is 62.1 Å². The van der Waals surface area contributed by atoms with E-state index < -0.39 is 10.0 Å². The first kappa shape index (κ1) is 24.6. The maximum Gasteiger partial charge on any atom is 0.243 e. The summed E-state index contributed by atoms with van der Waals surface area (Å²) in [7, 11) is -3.67. The molecule has 2 aliphatic heterocycles. The van der Waals surface area contributed by atoms with Crippen LogP contribution in [0.1, 0.15) is 31.2 Å².